The van der Waals surface area contributed by atoms with Crippen LogP contribution in [0.25, 0.3) is 0 Å². The number of carbonyl (C=O) groups excluding carboxylic acids is 1. The second kappa shape index (κ2) is 11.9. The zero-order valence-electron chi connectivity index (χ0n) is 13.4. The average molecular weight is 302 g/mol. The predicted molar refractivity (Wildman–Crippen MR) is 81.4 cm³/mol. The van der Waals surface area contributed by atoms with E-state index < -0.39 is 0 Å². The molecule has 6 heteroatoms. The minimum Gasteiger partial charge on any atom is -0.379 e. The van der Waals surface area contributed by atoms with E-state index in [-0.39, 0.29) is 11.9 Å². The van der Waals surface area contributed by atoms with E-state index in [1.54, 1.807) is 4.90 Å². The van der Waals surface area contributed by atoms with Crippen LogP contribution in [0.1, 0.15) is 26.2 Å². The van der Waals surface area contributed by atoms with Crippen LogP contribution in [0.5, 0.6) is 0 Å². The minimum atomic E-state index is -0.0323. The number of hydrogen-bond donors (Lipinski definition) is 1. The van der Waals surface area contributed by atoms with Gasteiger partial charge in [0.2, 0.25) is 5.91 Å². The molecule has 0 saturated carbocycles. The Morgan fingerprint density at radius 1 is 1.10 bits per heavy atom. The summed E-state index contributed by atoms with van der Waals surface area (Å²) in [6, 6.07) is -0.0323. The van der Waals surface area contributed by atoms with E-state index in [0.717, 1.165) is 32.4 Å². The Kier molecular flexibility index (Phi) is 10.4. The molecule has 0 aromatic rings. The van der Waals surface area contributed by atoms with Crippen molar-refractivity contribution in [1.82, 2.24) is 10.2 Å². The van der Waals surface area contributed by atoms with E-state index in [9.17, 15) is 4.79 Å². The molecule has 0 spiro atoms. The van der Waals surface area contributed by atoms with Gasteiger partial charge in [0, 0.05) is 26.7 Å². The van der Waals surface area contributed by atoms with Crippen LogP contribution in [-0.4, -0.2) is 76.6 Å². The second-order valence-electron chi connectivity index (χ2n) is 5.25. The maximum atomic E-state index is 11.6. The van der Waals surface area contributed by atoms with Crippen molar-refractivity contribution in [2.24, 2.45) is 0 Å². The number of unbranched alkanes of at least 4 members (excludes halogenated alkanes) is 1. The Balaban J connectivity index is 1.78. The van der Waals surface area contributed by atoms with E-state index in [2.05, 4.69) is 12.2 Å². The van der Waals surface area contributed by atoms with Gasteiger partial charge in [-0.3, -0.25) is 4.79 Å². The van der Waals surface area contributed by atoms with E-state index in [1.165, 1.54) is 0 Å². The summed E-state index contributed by atoms with van der Waals surface area (Å²) in [7, 11) is 1.84. The van der Waals surface area contributed by atoms with Gasteiger partial charge < -0.3 is 24.4 Å². The molecule has 1 N–H and O–H groups in total. The van der Waals surface area contributed by atoms with E-state index in [4.69, 9.17) is 14.2 Å². The van der Waals surface area contributed by atoms with Crippen LogP contribution in [0.4, 0.5) is 0 Å². The number of likely N-dealkylation sites (N-methyl/N-ethyl adjacent to an activating group) is 1. The summed E-state index contributed by atoms with van der Waals surface area (Å²) in [5.41, 5.74) is 0. The van der Waals surface area contributed by atoms with Gasteiger partial charge in [-0.15, -0.1) is 0 Å². The molecule has 6 nitrogen and oxygen atoms in total. The molecule has 1 atom stereocenters. The van der Waals surface area contributed by atoms with Gasteiger partial charge >= 0.3 is 0 Å². The topological polar surface area (TPSA) is 60.0 Å². The molecule has 0 radical (unpaired) electrons. The molecule has 1 aliphatic rings. The van der Waals surface area contributed by atoms with Crippen molar-refractivity contribution in [3.63, 3.8) is 0 Å². The van der Waals surface area contributed by atoms with Crippen molar-refractivity contribution < 1.29 is 19.0 Å². The van der Waals surface area contributed by atoms with Crippen molar-refractivity contribution in [1.29, 1.82) is 0 Å². The second-order valence-corrected chi connectivity index (χ2v) is 5.25. The molecule has 0 aliphatic carbocycles. The standard InChI is InChI=1S/C15H30N2O4/c1-3-4-8-19-10-12-21-13-11-20-9-6-16-14-5-7-17(2)15(14)18/h14,16H,3-13H2,1-2H3. The maximum Gasteiger partial charge on any atom is 0.239 e. The molecule has 0 aromatic carbocycles. The van der Waals surface area contributed by atoms with Gasteiger partial charge in [0.05, 0.1) is 39.1 Å². The van der Waals surface area contributed by atoms with Crippen LogP contribution in [0.2, 0.25) is 0 Å². The van der Waals surface area contributed by atoms with Crippen molar-refractivity contribution in [2.75, 3.05) is 59.8 Å². The third kappa shape index (κ3) is 8.36. The monoisotopic (exact) mass is 302 g/mol. The number of nitrogens with zero attached hydrogens (tertiary/aromatic N) is 1. The van der Waals surface area contributed by atoms with Gasteiger partial charge in [0.15, 0.2) is 0 Å². The zero-order valence-corrected chi connectivity index (χ0v) is 13.4. The molecular weight excluding hydrogens is 272 g/mol. The SMILES string of the molecule is CCCCOCCOCCOCCNC1CCN(C)C1=O. The first-order valence-electron chi connectivity index (χ1n) is 7.97. The molecule has 1 heterocycles. The number of amides is 1. The maximum absolute atomic E-state index is 11.6. The van der Waals surface area contributed by atoms with Crippen LogP contribution in [0, 0.1) is 0 Å². The van der Waals surface area contributed by atoms with E-state index in [0.29, 0.717) is 39.6 Å². The fourth-order valence-electron chi connectivity index (χ4n) is 2.11. The van der Waals surface area contributed by atoms with Gasteiger partial charge in [-0.2, -0.15) is 0 Å². The van der Waals surface area contributed by atoms with Crippen molar-refractivity contribution in [3.8, 4) is 0 Å². The molecule has 1 fully saturated rings. The number of carbonyl (C=O) groups is 1. The Bertz CT molecular complexity index is 276. The lowest BCUT2D eigenvalue weighted by Crippen LogP contribution is -2.38. The number of rotatable bonds is 13. The highest BCUT2D eigenvalue weighted by Crippen LogP contribution is 2.07. The summed E-state index contributed by atoms with van der Waals surface area (Å²) in [4.78, 5) is 13.4. The smallest absolute Gasteiger partial charge is 0.239 e. The predicted octanol–water partition coefficient (Wildman–Crippen LogP) is 0.657. The first-order valence-corrected chi connectivity index (χ1v) is 7.97. The van der Waals surface area contributed by atoms with Gasteiger partial charge in [-0.25, -0.2) is 0 Å². The summed E-state index contributed by atoms with van der Waals surface area (Å²) in [5.74, 6) is 0.182. The molecule has 124 valence electrons. The molecule has 1 saturated heterocycles. The van der Waals surface area contributed by atoms with E-state index >= 15 is 0 Å². The summed E-state index contributed by atoms with van der Waals surface area (Å²) < 4.78 is 16.2. The Morgan fingerprint density at radius 2 is 1.71 bits per heavy atom. The molecule has 1 aliphatic heterocycles. The van der Waals surface area contributed by atoms with Gasteiger partial charge in [0.25, 0.3) is 0 Å². The molecule has 1 amide bonds. The van der Waals surface area contributed by atoms with Crippen LogP contribution in [0.15, 0.2) is 0 Å². The molecule has 0 aromatic heterocycles. The van der Waals surface area contributed by atoms with Gasteiger partial charge in [-0.05, 0) is 12.8 Å². The molecule has 21 heavy (non-hydrogen) atoms. The normalized spacial score (nSPS) is 18.7. The molecule has 1 rings (SSSR count). The average Bonchev–Trinajstić information content (AvgIpc) is 2.80. The molecule has 0 bridgehead atoms. The van der Waals surface area contributed by atoms with Gasteiger partial charge in [0.1, 0.15) is 0 Å². The van der Waals surface area contributed by atoms with Crippen molar-refractivity contribution in [2.45, 2.75) is 32.2 Å². The molecule has 1 unspecified atom stereocenters. The summed E-state index contributed by atoms with van der Waals surface area (Å²) in [6.07, 6.45) is 3.15. The summed E-state index contributed by atoms with van der Waals surface area (Å²) in [5, 5.41) is 3.22. The Hall–Kier alpha value is -0.690. The fourth-order valence-corrected chi connectivity index (χ4v) is 2.11. The largest absolute Gasteiger partial charge is 0.379 e. The summed E-state index contributed by atoms with van der Waals surface area (Å²) in [6.45, 7) is 7.54. The van der Waals surface area contributed by atoms with E-state index in [1.807, 2.05) is 7.05 Å². The third-order valence-corrected chi connectivity index (χ3v) is 3.45. The van der Waals surface area contributed by atoms with Crippen molar-refractivity contribution >= 4 is 5.91 Å². The Labute approximate surface area is 128 Å². The first-order chi connectivity index (χ1) is 10.3. The van der Waals surface area contributed by atoms with Crippen LogP contribution >= 0.6 is 0 Å². The fraction of sp³-hybridized carbons (Fsp3) is 0.933. The van der Waals surface area contributed by atoms with Crippen LogP contribution < -0.4 is 5.32 Å². The first kappa shape index (κ1) is 18.4. The number of hydrogen-bond acceptors (Lipinski definition) is 5. The number of nitrogens with one attached hydrogen (secondary N) is 1. The lowest BCUT2D eigenvalue weighted by atomic mass is 10.2. The Morgan fingerprint density at radius 3 is 2.29 bits per heavy atom. The van der Waals surface area contributed by atoms with Crippen LogP contribution in [-0.2, 0) is 19.0 Å². The van der Waals surface area contributed by atoms with Crippen molar-refractivity contribution in [3.05, 3.63) is 0 Å². The minimum absolute atomic E-state index is 0.0323. The highest BCUT2D eigenvalue weighted by atomic mass is 16.5. The third-order valence-electron chi connectivity index (χ3n) is 3.45. The van der Waals surface area contributed by atoms with Gasteiger partial charge in [-0.1, -0.05) is 13.3 Å². The molecular formula is C15H30N2O4. The summed E-state index contributed by atoms with van der Waals surface area (Å²) >= 11 is 0. The highest BCUT2D eigenvalue weighted by molar-refractivity contribution is 5.83. The van der Waals surface area contributed by atoms with Crippen LogP contribution in [0.3, 0.4) is 0 Å². The number of ether oxygens (including phenoxy) is 3. The highest BCUT2D eigenvalue weighted by Gasteiger charge is 2.27. The quantitative estimate of drug-likeness (QED) is 0.506. The lowest BCUT2D eigenvalue weighted by molar-refractivity contribution is -0.128. The zero-order chi connectivity index (χ0) is 15.3. The lowest BCUT2D eigenvalue weighted by Gasteiger charge is -2.12. The number of likely N-dealkylation sites (tertiary alicyclic amines) is 1.